The Kier molecular flexibility index (Phi) is 4.97. The lowest BCUT2D eigenvalue weighted by Crippen LogP contribution is -2.03. The van der Waals surface area contributed by atoms with E-state index in [0.29, 0.717) is 11.9 Å². The summed E-state index contributed by atoms with van der Waals surface area (Å²) in [4.78, 5) is 5.39. The topological polar surface area (TPSA) is 21.6 Å². The van der Waals surface area contributed by atoms with Crippen molar-refractivity contribution in [1.82, 2.24) is 0 Å². The molecule has 0 radical (unpaired) electrons. The van der Waals surface area contributed by atoms with Crippen LogP contribution in [0.1, 0.15) is 11.1 Å². The molecule has 0 heterocycles. The first-order valence-electron chi connectivity index (χ1n) is 5.74. The van der Waals surface area contributed by atoms with Crippen LogP contribution in [0.4, 0.5) is 0 Å². The molecule has 0 aromatic heterocycles. The fourth-order valence-corrected chi connectivity index (χ4v) is 1.97. The van der Waals surface area contributed by atoms with Gasteiger partial charge in [0.1, 0.15) is 6.61 Å². The highest BCUT2D eigenvalue weighted by atomic mass is 79.9. The minimum atomic E-state index is 0.490. The lowest BCUT2D eigenvalue weighted by molar-refractivity contribution is 0.130. The number of benzene rings is 2. The molecule has 0 bridgehead atoms. The zero-order valence-corrected chi connectivity index (χ0v) is 11.5. The molecular weight excluding hydrogens is 290 g/mol. The summed E-state index contributed by atoms with van der Waals surface area (Å²) in [6, 6.07) is 20.0. The number of alkyl halides is 1. The van der Waals surface area contributed by atoms with E-state index in [1.807, 2.05) is 60.7 Å². The fraction of sp³-hybridized carbons (Fsp3) is 0.133. The second-order valence-corrected chi connectivity index (χ2v) is 4.36. The minimum Gasteiger partial charge on any atom is -0.391 e. The van der Waals surface area contributed by atoms with Gasteiger partial charge in [-0.2, -0.15) is 0 Å². The first-order chi connectivity index (χ1) is 8.90. The molecule has 18 heavy (non-hydrogen) atoms. The number of rotatable bonds is 5. The Balaban J connectivity index is 1.99. The third-order valence-corrected chi connectivity index (χ3v) is 3.01. The van der Waals surface area contributed by atoms with E-state index >= 15 is 0 Å². The highest BCUT2D eigenvalue weighted by molar-refractivity contribution is 9.09. The lowest BCUT2D eigenvalue weighted by atomic mass is 10.1. The Morgan fingerprint density at radius 3 is 2.17 bits per heavy atom. The maximum atomic E-state index is 5.39. The van der Waals surface area contributed by atoms with E-state index in [2.05, 4.69) is 21.1 Å². The van der Waals surface area contributed by atoms with Crippen LogP contribution in [0.5, 0.6) is 0 Å². The second kappa shape index (κ2) is 6.97. The number of halogens is 1. The molecule has 2 aromatic carbocycles. The van der Waals surface area contributed by atoms with Crippen molar-refractivity contribution in [3.05, 3.63) is 71.8 Å². The van der Waals surface area contributed by atoms with Crippen LogP contribution >= 0.6 is 15.9 Å². The molecule has 0 unspecified atom stereocenters. The Bertz CT molecular complexity index is 496. The second-order valence-electron chi connectivity index (χ2n) is 3.80. The van der Waals surface area contributed by atoms with E-state index in [4.69, 9.17) is 4.84 Å². The molecule has 3 heteroatoms. The Morgan fingerprint density at radius 2 is 1.56 bits per heavy atom. The predicted molar refractivity (Wildman–Crippen MR) is 78.0 cm³/mol. The van der Waals surface area contributed by atoms with Crippen molar-refractivity contribution in [3.63, 3.8) is 0 Å². The molecule has 0 aliphatic rings. The zero-order valence-electron chi connectivity index (χ0n) is 9.92. The van der Waals surface area contributed by atoms with Crippen LogP contribution < -0.4 is 0 Å². The Hall–Kier alpha value is -1.61. The first kappa shape index (κ1) is 12.8. The first-order valence-corrected chi connectivity index (χ1v) is 6.86. The quantitative estimate of drug-likeness (QED) is 0.465. The van der Waals surface area contributed by atoms with Crippen LogP contribution in [0.2, 0.25) is 0 Å². The summed E-state index contributed by atoms with van der Waals surface area (Å²) < 4.78 is 0. The van der Waals surface area contributed by atoms with Crippen molar-refractivity contribution < 1.29 is 4.84 Å². The summed E-state index contributed by atoms with van der Waals surface area (Å²) in [6.45, 7) is 0.490. The molecule has 0 saturated heterocycles. The normalized spacial score (nSPS) is 11.3. The van der Waals surface area contributed by atoms with Crippen LogP contribution in [0.3, 0.4) is 0 Å². The molecule has 2 nitrogen and oxygen atoms in total. The highest BCUT2D eigenvalue weighted by Gasteiger charge is 2.01. The van der Waals surface area contributed by atoms with Gasteiger partial charge >= 0.3 is 0 Å². The van der Waals surface area contributed by atoms with Gasteiger partial charge in [-0.15, -0.1) is 0 Å². The average molecular weight is 304 g/mol. The number of nitrogens with zero attached hydrogens (tertiary/aromatic N) is 1. The van der Waals surface area contributed by atoms with Gasteiger partial charge in [0, 0.05) is 10.9 Å². The van der Waals surface area contributed by atoms with Crippen LogP contribution in [-0.4, -0.2) is 11.0 Å². The molecule has 92 valence electrons. The van der Waals surface area contributed by atoms with E-state index in [9.17, 15) is 0 Å². The van der Waals surface area contributed by atoms with Gasteiger partial charge in [-0.1, -0.05) is 81.7 Å². The third-order valence-electron chi connectivity index (χ3n) is 2.48. The van der Waals surface area contributed by atoms with Gasteiger partial charge in [0.25, 0.3) is 0 Å². The van der Waals surface area contributed by atoms with Crippen molar-refractivity contribution in [3.8, 4) is 0 Å². The molecule has 0 saturated carbocycles. The maximum absolute atomic E-state index is 5.39. The van der Waals surface area contributed by atoms with Crippen molar-refractivity contribution in [2.24, 2.45) is 5.16 Å². The molecule has 0 aliphatic heterocycles. The molecule has 2 aromatic rings. The van der Waals surface area contributed by atoms with Crippen LogP contribution in [0.25, 0.3) is 0 Å². The van der Waals surface area contributed by atoms with Gasteiger partial charge in [0.2, 0.25) is 0 Å². The van der Waals surface area contributed by atoms with Crippen LogP contribution in [0, 0.1) is 0 Å². The lowest BCUT2D eigenvalue weighted by Gasteiger charge is -2.04. The molecule has 0 atom stereocenters. The highest BCUT2D eigenvalue weighted by Crippen LogP contribution is 2.06. The zero-order chi connectivity index (χ0) is 12.6. The van der Waals surface area contributed by atoms with Gasteiger partial charge in [-0.05, 0) is 5.56 Å². The van der Waals surface area contributed by atoms with Crippen LogP contribution in [0.15, 0.2) is 65.8 Å². The monoisotopic (exact) mass is 303 g/mol. The SMILES string of the molecule is BrCC(=NOCc1ccccc1)c1ccccc1. The van der Waals surface area contributed by atoms with Crippen molar-refractivity contribution in [2.75, 3.05) is 5.33 Å². The van der Waals surface area contributed by atoms with Gasteiger partial charge in [0.05, 0.1) is 5.71 Å². The number of hydrogen-bond donors (Lipinski definition) is 0. The van der Waals surface area contributed by atoms with Gasteiger partial charge in [-0.3, -0.25) is 0 Å². The van der Waals surface area contributed by atoms with Crippen molar-refractivity contribution in [1.29, 1.82) is 0 Å². The molecule has 0 aliphatic carbocycles. The maximum Gasteiger partial charge on any atom is 0.142 e. The number of oxime groups is 1. The Morgan fingerprint density at radius 1 is 0.944 bits per heavy atom. The molecule has 0 spiro atoms. The molecule has 0 N–H and O–H groups in total. The summed E-state index contributed by atoms with van der Waals surface area (Å²) in [5.41, 5.74) is 3.08. The summed E-state index contributed by atoms with van der Waals surface area (Å²) >= 11 is 3.43. The third kappa shape index (κ3) is 3.70. The summed E-state index contributed by atoms with van der Waals surface area (Å²) in [5, 5.41) is 4.85. The fourth-order valence-electron chi connectivity index (χ4n) is 1.54. The van der Waals surface area contributed by atoms with Gasteiger partial charge in [-0.25, -0.2) is 0 Å². The standard InChI is InChI=1S/C15H14BrNO/c16-11-15(14-9-5-2-6-10-14)17-18-12-13-7-3-1-4-8-13/h1-10H,11-12H2. The summed E-state index contributed by atoms with van der Waals surface area (Å²) in [5.74, 6) is 0. The molecule has 0 fully saturated rings. The molecule has 0 amide bonds. The van der Waals surface area contributed by atoms with E-state index in [-0.39, 0.29) is 0 Å². The molecule has 2 rings (SSSR count). The minimum absolute atomic E-state index is 0.490. The Labute approximate surface area is 115 Å². The summed E-state index contributed by atoms with van der Waals surface area (Å²) in [7, 11) is 0. The van der Waals surface area contributed by atoms with E-state index in [0.717, 1.165) is 16.8 Å². The smallest absolute Gasteiger partial charge is 0.142 e. The summed E-state index contributed by atoms with van der Waals surface area (Å²) in [6.07, 6.45) is 0. The average Bonchev–Trinajstić information content (AvgIpc) is 2.46. The van der Waals surface area contributed by atoms with Gasteiger partial charge in [0.15, 0.2) is 0 Å². The van der Waals surface area contributed by atoms with Crippen LogP contribution in [-0.2, 0) is 11.4 Å². The predicted octanol–water partition coefficient (Wildman–Crippen LogP) is 4.00. The van der Waals surface area contributed by atoms with E-state index in [1.165, 1.54) is 0 Å². The van der Waals surface area contributed by atoms with E-state index in [1.54, 1.807) is 0 Å². The van der Waals surface area contributed by atoms with Crippen molar-refractivity contribution >= 4 is 21.6 Å². The molecular formula is C15H14BrNO. The number of hydrogen-bond acceptors (Lipinski definition) is 2. The van der Waals surface area contributed by atoms with Gasteiger partial charge < -0.3 is 4.84 Å². The largest absolute Gasteiger partial charge is 0.391 e. The van der Waals surface area contributed by atoms with Crippen molar-refractivity contribution in [2.45, 2.75) is 6.61 Å². The van der Waals surface area contributed by atoms with E-state index < -0.39 is 0 Å².